The van der Waals surface area contributed by atoms with Gasteiger partial charge in [-0.25, -0.2) is 0 Å². The van der Waals surface area contributed by atoms with Gasteiger partial charge in [0, 0.05) is 17.9 Å². The van der Waals surface area contributed by atoms with Gasteiger partial charge in [0.25, 0.3) is 0 Å². The molecule has 0 aliphatic heterocycles. The molecule has 29 heavy (non-hydrogen) atoms. The molecule has 3 heteroatoms. The summed E-state index contributed by atoms with van der Waals surface area (Å²) in [7, 11) is -1.43. The van der Waals surface area contributed by atoms with Crippen molar-refractivity contribution in [1.82, 2.24) is 0 Å². The molecule has 0 aromatic carbocycles. The molecular weight excluding hydrogens is 372 g/mol. The fourth-order valence-electron chi connectivity index (χ4n) is 5.74. The molecular formula is C26H46O2Si. The Kier molecular flexibility index (Phi) is 8.97. The van der Waals surface area contributed by atoms with Crippen LogP contribution in [0.2, 0.25) is 18.1 Å². The van der Waals surface area contributed by atoms with E-state index in [1.807, 2.05) is 0 Å². The zero-order chi connectivity index (χ0) is 21.5. The van der Waals surface area contributed by atoms with E-state index in [9.17, 15) is 4.79 Å². The highest BCUT2D eigenvalue weighted by Gasteiger charge is 2.54. The van der Waals surface area contributed by atoms with E-state index in [1.54, 1.807) is 0 Å². The van der Waals surface area contributed by atoms with Crippen LogP contribution in [-0.2, 0) is 9.22 Å². The maximum atomic E-state index is 13.4. The van der Waals surface area contributed by atoms with Gasteiger partial charge in [-0.2, -0.15) is 0 Å². The highest BCUT2D eigenvalue weighted by Crippen LogP contribution is 2.57. The van der Waals surface area contributed by atoms with Crippen molar-refractivity contribution in [3.8, 4) is 0 Å². The predicted molar refractivity (Wildman–Crippen MR) is 128 cm³/mol. The number of rotatable bonds is 12. The Hall–Kier alpha value is -0.673. The van der Waals surface area contributed by atoms with Crippen molar-refractivity contribution in [2.24, 2.45) is 16.7 Å². The van der Waals surface area contributed by atoms with E-state index >= 15 is 0 Å². The fourth-order valence-corrected chi connectivity index (χ4v) is 8.43. The van der Waals surface area contributed by atoms with Gasteiger partial charge in [0.05, 0.1) is 0 Å². The first-order chi connectivity index (χ1) is 13.8. The van der Waals surface area contributed by atoms with Gasteiger partial charge in [-0.05, 0) is 81.8 Å². The smallest absolute Gasteiger partial charge is 0.191 e. The molecule has 2 aliphatic rings. The Labute approximate surface area is 181 Å². The topological polar surface area (TPSA) is 26.3 Å². The van der Waals surface area contributed by atoms with Gasteiger partial charge in [0.1, 0.15) is 5.78 Å². The summed E-state index contributed by atoms with van der Waals surface area (Å²) in [6.45, 7) is 14.6. The van der Waals surface area contributed by atoms with E-state index in [0.29, 0.717) is 5.78 Å². The molecule has 3 unspecified atom stereocenters. The summed E-state index contributed by atoms with van der Waals surface area (Å²) in [6, 6.07) is 3.70. The Balaban J connectivity index is 1.77. The minimum Gasteiger partial charge on any atom is -0.417 e. The van der Waals surface area contributed by atoms with Gasteiger partial charge in [0.2, 0.25) is 0 Å². The second-order valence-corrected chi connectivity index (χ2v) is 14.6. The number of fused-ring (bicyclic) bond motifs is 1. The first kappa shape index (κ1) is 24.6. The van der Waals surface area contributed by atoms with Crippen LogP contribution in [0.5, 0.6) is 0 Å². The molecule has 0 N–H and O–H groups in total. The van der Waals surface area contributed by atoms with Crippen LogP contribution in [0.4, 0.5) is 0 Å². The first-order valence-electron chi connectivity index (χ1n) is 12.3. The molecule has 0 heterocycles. The number of carbonyl (C=O) groups is 1. The third kappa shape index (κ3) is 5.15. The van der Waals surface area contributed by atoms with Crippen LogP contribution in [0.25, 0.3) is 0 Å². The maximum absolute atomic E-state index is 13.4. The molecule has 0 bridgehead atoms. The molecule has 2 aliphatic carbocycles. The second-order valence-electron chi connectivity index (χ2n) is 9.84. The van der Waals surface area contributed by atoms with Gasteiger partial charge < -0.3 is 4.43 Å². The molecule has 0 spiro atoms. The molecule has 0 radical (unpaired) electrons. The average Bonchev–Trinajstić information content (AvgIpc) is 3.04. The molecule has 2 rings (SSSR count). The Morgan fingerprint density at radius 1 is 1.10 bits per heavy atom. The Morgan fingerprint density at radius 3 is 2.38 bits per heavy atom. The quantitative estimate of drug-likeness (QED) is 0.183. The minimum atomic E-state index is -1.43. The number of Topliss-reactive ketones (excluding diaryl/α,β-unsaturated/α-hetero) is 1. The summed E-state index contributed by atoms with van der Waals surface area (Å²) in [4.78, 5) is 13.4. The summed E-state index contributed by atoms with van der Waals surface area (Å²) in [5.41, 5.74) is 1.51. The van der Waals surface area contributed by atoms with Crippen LogP contribution in [0.3, 0.4) is 0 Å². The van der Waals surface area contributed by atoms with E-state index < -0.39 is 8.32 Å². The van der Waals surface area contributed by atoms with Gasteiger partial charge in [-0.3, -0.25) is 4.79 Å². The summed E-state index contributed by atoms with van der Waals surface area (Å²) >= 11 is 0. The van der Waals surface area contributed by atoms with Crippen LogP contribution in [-0.4, -0.2) is 20.7 Å². The van der Waals surface area contributed by atoms with Crippen LogP contribution in [0.15, 0.2) is 23.8 Å². The summed E-state index contributed by atoms with van der Waals surface area (Å²) < 4.78 is 6.34. The van der Waals surface area contributed by atoms with Crippen molar-refractivity contribution in [3.05, 3.63) is 23.8 Å². The fraction of sp³-hybridized carbons (Fsp3) is 0.808. The average molecular weight is 419 g/mol. The zero-order valence-electron chi connectivity index (χ0n) is 20.1. The van der Waals surface area contributed by atoms with Crippen molar-refractivity contribution in [2.45, 2.75) is 111 Å². The third-order valence-electron chi connectivity index (χ3n) is 8.78. The predicted octanol–water partition coefficient (Wildman–Crippen LogP) is 7.86. The number of unbranched alkanes of at least 4 members (excludes halogenated alkanes) is 1. The summed E-state index contributed by atoms with van der Waals surface area (Å²) in [6.07, 6.45) is 15.5. The molecule has 1 fully saturated rings. The Morgan fingerprint density at radius 2 is 1.76 bits per heavy atom. The van der Waals surface area contributed by atoms with Gasteiger partial charge in [-0.15, -0.1) is 0 Å². The summed E-state index contributed by atoms with van der Waals surface area (Å²) in [5.74, 6) is 0.793. The third-order valence-corrected chi connectivity index (χ3v) is 13.5. The largest absolute Gasteiger partial charge is 0.417 e. The second kappa shape index (κ2) is 10.6. The monoisotopic (exact) mass is 418 g/mol. The molecule has 0 aromatic heterocycles. The molecule has 0 saturated heterocycles. The lowest BCUT2D eigenvalue weighted by Crippen LogP contribution is -2.47. The molecule has 0 amide bonds. The van der Waals surface area contributed by atoms with Crippen molar-refractivity contribution in [2.75, 3.05) is 6.61 Å². The van der Waals surface area contributed by atoms with Crippen molar-refractivity contribution in [1.29, 1.82) is 0 Å². The number of carbonyl (C=O) groups excluding carboxylic acids is 1. The highest BCUT2D eigenvalue weighted by molar-refractivity contribution is 6.73. The van der Waals surface area contributed by atoms with Crippen LogP contribution >= 0.6 is 0 Å². The molecule has 1 saturated carbocycles. The molecule has 166 valence electrons. The molecule has 0 aromatic rings. The van der Waals surface area contributed by atoms with E-state index in [1.165, 1.54) is 30.1 Å². The number of ketones is 1. The van der Waals surface area contributed by atoms with Gasteiger partial charge in [0.15, 0.2) is 8.32 Å². The first-order valence-corrected chi connectivity index (χ1v) is 14.9. The van der Waals surface area contributed by atoms with E-state index in [4.69, 9.17) is 4.43 Å². The van der Waals surface area contributed by atoms with Crippen molar-refractivity contribution in [3.63, 3.8) is 0 Å². The highest BCUT2D eigenvalue weighted by atomic mass is 28.4. The number of hydrogen-bond acceptors (Lipinski definition) is 2. The van der Waals surface area contributed by atoms with E-state index in [-0.39, 0.29) is 16.7 Å². The van der Waals surface area contributed by atoms with Crippen LogP contribution < -0.4 is 0 Å². The lowest BCUT2D eigenvalue weighted by molar-refractivity contribution is -0.142. The molecule has 2 nitrogen and oxygen atoms in total. The number of allylic oxidation sites excluding steroid dienone is 4. The van der Waals surface area contributed by atoms with Crippen molar-refractivity contribution >= 4 is 14.1 Å². The Bertz CT molecular complexity index is 596. The van der Waals surface area contributed by atoms with Gasteiger partial charge >= 0.3 is 0 Å². The maximum Gasteiger partial charge on any atom is 0.191 e. The standard InChI is InChI=1S/C26H46O2Si/c1-7-26(20-19-25(6)22(5)16-17-23(25)24(26)27)18-14-12-11-13-15-21-28-29(8-2,9-3)10-4/h11-12,16,23H,7-10,13-15,17-21H2,1-6H3. The molecule has 3 atom stereocenters. The lowest BCUT2D eigenvalue weighted by Gasteiger charge is -2.47. The van der Waals surface area contributed by atoms with Crippen LogP contribution in [0.1, 0.15) is 92.9 Å². The SMILES string of the molecule is CCC1(CCC=CCCCO[Si](CC)(CC)CC)CCC2(C)C(C)=CCC2C1=O. The van der Waals surface area contributed by atoms with Gasteiger partial charge in [-0.1, -0.05) is 58.4 Å². The van der Waals surface area contributed by atoms with E-state index in [2.05, 4.69) is 59.8 Å². The lowest BCUT2D eigenvalue weighted by atomic mass is 9.55. The summed E-state index contributed by atoms with van der Waals surface area (Å²) in [5, 5.41) is 0. The van der Waals surface area contributed by atoms with Crippen molar-refractivity contribution < 1.29 is 9.22 Å². The number of hydrogen-bond donors (Lipinski definition) is 0. The normalized spacial score (nSPS) is 30.1. The minimum absolute atomic E-state index is 0.0787. The van der Waals surface area contributed by atoms with Crippen LogP contribution in [0, 0.1) is 16.7 Å². The zero-order valence-corrected chi connectivity index (χ0v) is 21.1. The van der Waals surface area contributed by atoms with E-state index in [0.717, 1.165) is 51.6 Å².